The Kier molecular flexibility index (Phi) is 1.93. The van der Waals surface area contributed by atoms with Crippen LogP contribution in [0.15, 0.2) is 0 Å². The first-order valence-electron chi connectivity index (χ1n) is 4.55. The zero-order chi connectivity index (χ0) is 8.60. The number of carbonyl (C=O) groups excluding carboxylic acids is 1. The number of nitrogens with one attached hydrogen (secondary N) is 1. The van der Waals surface area contributed by atoms with Gasteiger partial charge in [-0.15, -0.1) is 0 Å². The molecule has 0 atom stereocenters. The molecule has 1 N–H and O–H groups in total. The first-order chi connectivity index (χ1) is 5.70. The fraction of sp³-hybridized carbons (Fsp3) is 0.889. The van der Waals surface area contributed by atoms with E-state index in [2.05, 4.69) is 12.2 Å². The minimum absolute atomic E-state index is 0.144. The fourth-order valence-corrected chi connectivity index (χ4v) is 2.28. The molecule has 12 heavy (non-hydrogen) atoms. The van der Waals surface area contributed by atoms with E-state index in [-0.39, 0.29) is 11.3 Å². The van der Waals surface area contributed by atoms with Crippen LogP contribution in [0.1, 0.15) is 19.8 Å². The molecule has 2 aliphatic rings. The quantitative estimate of drug-likeness (QED) is 0.568. The van der Waals surface area contributed by atoms with Crippen molar-refractivity contribution in [2.75, 3.05) is 19.8 Å². The van der Waals surface area contributed by atoms with Crippen LogP contribution in [0, 0.1) is 5.92 Å². The molecule has 3 nitrogen and oxygen atoms in total. The predicted octanol–water partition coefficient (Wildman–Crippen LogP) is 0.344. The zero-order valence-electron chi connectivity index (χ0n) is 7.43. The molecule has 0 radical (unpaired) electrons. The summed E-state index contributed by atoms with van der Waals surface area (Å²) in [4.78, 5) is 11.0. The Morgan fingerprint density at radius 2 is 2.33 bits per heavy atom. The average Bonchev–Trinajstić information content (AvgIpc) is 2.12. The van der Waals surface area contributed by atoms with Gasteiger partial charge in [0.15, 0.2) is 5.78 Å². The fourth-order valence-electron chi connectivity index (χ4n) is 2.28. The van der Waals surface area contributed by atoms with Crippen LogP contribution >= 0.6 is 0 Å². The molecule has 2 fully saturated rings. The Balaban J connectivity index is 1.95. The molecule has 1 heterocycles. The monoisotopic (exact) mass is 169 g/mol. The Labute approximate surface area is 72.5 Å². The van der Waals surface area contributed by atoms with E-state index in [1.54, 1.807) is 0 Å². The Morgan fingerprint density at radius 1 is 1.58 bits per heavy atom. The zero-order valence-corrected chi connectivity index (χ0v) is 7.43. The normalized spacial score (nSPS) is 42.4. The van der Waals surface area contributed by atoms with E-state index in [1.807, 2.05) is 0 Å². The van der Waals surface area contributed by atoms with E-state index in [1.165, 1.54) is 0 Å². The number of carbonyl (C=O) groups is 1. The lowest BCUT2D eigenvalue weighted by Crippen LogP contribution is -2.57. The highest BCUT2D eigenvalue weighted by molar-refractivity contribution is 5.82. The maximum absolute atomic E-state index is 11.0. The molecule has 0 aromatic heterocycles. The highest BCUT2D eigenvalue weighted by Crippen LogP contribution is 2.38. The highest BCUT2D eigenvalue weighted by atomic mass is 16.5. The second kappa shape index (κ2) is 2.82. The van der Waals surface area contributed by atoms with Gasteiger partial charge in [-0.3, -0.25) is 4.79 Å². The van der Waals surface area contributed by atoms with Gasteiger partial charge >= 0.3 is 0 Å². The molecule has 1 saturated heterocycles. The highest BCUT2D eigenvalue weighted by Gasteiger charge is 2.43. The average molecular weight is 169 g/mol. The number of ether oxygens (including phenoxy) is 1. The van der Waals surface area contributed by atoms with E-state index < -0.39 is 0 Å². The smallest absolute Gasteiger partial charge is 0.172 e. The minimum Gasteiger partial charge on any atom is -0.372 e. The molecule has 1 aliphatic heterocycles. The summed E-state index contributed by atoms with van der Waals surface area (Å²) in [7, 11) is 0. The lowest BCUT2D eigenvalue weighted by Gasteiger charge is -2.45. The van der Waals surface area contributed by atoms with Gasteiger partial charge in [-0.1, -0.05) is 6.92 Å². The summed E-state index contributed by atoms with van der Waals surface area (Å²) < 4.78 is 5.30. The molecule has 68 valence electrons. The van der Waals surface area contributed by atoms with Gasteiger partial charge < -0.3 is 10.1 Å². The number of hydrogen-bond acceptors (Lipinski definition) is 3. The van der Waals surface area contributed by atoms with Crippen LogP contribution in [0.3, 0.4) is 0 Å². The second-order valence-corrected chi connectivity index (χ2v) is 4.18. The van der Waals surface area contributed by atoms with Gasteiger partial charge in [0.2, 0.25) is 0 Å². The van der Waals surface area contributed by atoms with Crippen LogP contribution in [0.4, 0.5) is 0 Å². The summed E-state index contributed by atoms with van der Waals surface area (Å²) in [5, 5.41) is 3.30. The number of ketones is 1. The maximum Gasteiger partial charge on any atom is 0.172 e. The topological polar surface area (TPSA) is 38.3 Å². The molecule has 0 amide bonds. The van der Waals surface area contributed by atoms with Gasteiger partial charge in [-0.2, -0.15) is 0 Å². The number of Topliss-reactive ketones (excluding diaryl/α,β-unsaturated/α-hetero) is 1. The summed E-state index contributed by atoms with van der Waals surface area (Å²) in [6.45, 7) is 3.73. The van der Waals surface area contributed by atoms with Crippen molar-refractivity contribution in [3.05, 3.63) is 0 Å². The molecule has 1 aliphatic carbocycles. The minimum atomic E-state index is 0.144. The third-order valence-corrected chi connectivity index (χ3v) is 2.78. The van der Waals surface area contributed by atoms with Gasteiger partial charge in [0.1, 0.15) is 6.61 Å². The molecule has 1 saturated carbocycles. The van der Waals surface area contributed by atoms with Crippen LogP contribution in [-0.2, 0) is 9.53 Å². The third-order valence-electron chi connectivity index (χ3n) is 2.78. The first kappa shape index (κ1) is 8.20. The number of hydrogen-bond donors (Lipinski definition) is 1. The van der Waals surface area contributed by atoms with Crippen molar-refractivity contribution >= 4 is 5.78 Å². The van der Waals surface area contributed by atoms with E-state index >= 15 is 0 Å². The van der Waals surface area contributed by atoms with Gasteiger partial charge in [0.25, 0.3) is 0 Å². The van der Waals surface area contributed by atoms with Crippen LogP contribution < -0.4 is 5.32 Å². The van der Waals surface area contributed by atoms with Gasteiger partial charge in [0, 0.05) is 5.54 Å². The molecule has 2 rings (SSSR count). The Morgan fingerprint density at radius 3 is 3.00 bits per heavy atom. The number of rotatable bonds is 0. The molecular formula is C9H15NO2. The standard InChI is InChI=1S/C9H15NO2/c1-7-2-9(3-7)6-12-5-8(11)4-10-9/h7,10H,2-6H2,1H3. The molecule has 3 heteroatoms. The van der Waals surface area contributed by atoms with Crippen molar-refractivity contribution < 1.29 is 9.53 Å². The van der Waals surface area contributed by atoms with Crippen molar-refractivity contribution in [1.29, 1.82) is 0 Å². The van der Waals surface area contributed by atoms with E-state index in [0.29, 0.717) is 19.8 Å². The summed E-state index contributed by atoms with van der Waals surface area (Å²) in [5.74, 6) is 0.959. The summed E-state index contributed by atoms with van der Waals surface area (Å²) in [6, 6.07) is 0. The molecule has 1 spiro atoms. The Bertz CT molecular complexity index is 197. The third kappa shape index (κ3) is 1.39. The van der Waals surface area contributed by atoms with Crippen LogP contribution in [0.5, 0.6) is 0 Å². The van der Waals surface area contributed by atoms with Gasteiger partial charge in [0.05, 0.1) is 13.2 Å². The van der Waals surface area contributed by atoms with Crippen LogP contribution in [0.2, 0.25) is 0 Å². The van der Waals surface area contributed by atoms with E-state index in [9.17, 15) is 4.79 Å². The van der Waals surface area contributed by atoms with Crippen molar-refractivity contribution in [3.63, 3.8) is 0 Å². The molecule has 0 unspecified atom stereocenters. The molecule has 0 bridgehead atoms. The second-order valence-electron chi connectivity index (χ2n) is 4.18. The van der Waals surface area contributed by atoms with Gasteiger partial charge in [-0.25, -0.2) is 0 Å². The summed E-state index contributed by atoms with van der Waals surface area (Å²) >= 11 is 0. The largest absolute Gasteiger partial charge is 0.372 e. The van der Waals surface area contributed by atoms with Crippen LogP contribution in [-0.4, -0.2) is 31.1 Å². The molecule has 0 aromatic rings. The van der Waals surface area contributed by atoms with Crippen molar-refractivity contribution in [2.45, 2.75) is 25.3 Å². The Hall–Kier alpha value is -0.410. The van der Waals surface area contributed by atoms with Crippen LogP contribution in [0.25, 0.3) is 0 Å². The first-order valence-corrected chi connectivity index (χ1v) is 4.55. The van der Waals surface area contributed by atoms with Crippen molar-refractivity contribution in [2.24, 2.45) is 5.92 Å². The molecule has 0 aromatic carbocycles. The van der Waals surface area contributed by atoms with Crippen molar-refractivity contribution in [3.8, 4) is 0 Å². The lowest BCUT2D eigenvalue weighted by molar-refractivity contribution is -0.121. The van der Waals surface area contributed by atoms with Crippen molar-refractivity contribution in [1.82, 2.24) is 5.32 Å². The predicted molar refractivity (Wildman–Crippen MR) is 45.0 cm³/mol. The summed E-state index contributed by atoms with van der Waals surface area (Å²) in [5.41, 5.74) is 0.144. The van der Waals surface area contributed by atoms with E-state index in [0.717, 1.165) is 18.8 Å². The maximum atomic E-state index is 11.0. The lowest BCUT2D eigenvalue weighted by atomic mass is 9.69. The van der Waals surface area contributed by atoms with E-state index in [4.69, 9.17) is 4.74 Å². The van der Waals surface area contributed by atoms with Gasteiger partial charge in [-0.05, 0) is 18.8 Å². The SMILES string of the molecule is CC1CC2(COCC(=O)CN2)C1. The molecular weight excluding hydrogens is 154 g/mol. The summed E-state index contributed by atoms with van der Waals surface area (Å²) in [6.07, 6.45) is 2.31.